The van der Waals surface area contributed by atoms with Crippen molar-refractivity contribution in [3.63, 3.8) is 0 Å². The molecule has 2 heterocycles. The molecule has 2 aromatic heterocycles. The molecule has 0 aliphatic carbocycles. The van der Waals surface area contributed by atoms with Gasteiger partial charge in [0.1, 0.15) is 17.1 Å². The van der Waals surface area contributed by atoms with E-state index in [0.29, 0.717) is 25.4 Å². The van der Waals surface area contributed by atoms with Crippen LogP contribution in [0, 0.1) is 0 Å². The van der Waals surface area contributed by atoms with Gasteiger partial charge >= 0.3 is 0 Å². The molecular formula is C18H20N4O3. The minimum absolute atomic E-state index is 0.0411. The number of hydrogen-bond acceptors (Lipinski definition) is 5. The summed E-state index contributed by atoms with van der Waals surface area (Å²) in [6.07, 6.45) is 1.73. The highest BCUT2D eigenvalue weighted by molar-refractivity contribution is 5.77. The second-order valence-corrected chi connectivity index (χ2v) is 5.40. The third kappa shape index (κ3) is 4.33. The summed E-state index contributed by atoms with van der Waals surface area (Å²) in [7, 11) is 1.65. The third-order valence-corrected chi connectivity index (χ3v) is 3.66. The first kappa shape index (κ1) is 16.9. The zero-order valence-electron chi connectivity index (χ0n) is 14.0. The van der Waals surface area contributed by atoms with E-state index in [1.807, 2.05) is 47.0 Å². The number of ether oxygens (including phenoxy) is 2. The second-order valence-electron chi connectivity index (χ2n) is 5.40. The first-order chi connectivity index (χ1) is 12.3. The summed E-state index contributed by atoms with van der Waals surface area (Å²) in [5.41, 5.74) is 1.58. The fraction of sp³-hybridized carbons (Fsp3) is 0.278. The fourth-order valence-electron chi connectivity index (χ4n) is 2.45. The number of para-hydroxylation sites is 1. The van der Waals surface area contributed by atoms with E-state index < -0.39 is 0 Å². The molecular weight excluding hydrogens is 320 g/mol. The molecule has 0 saturated carbocycles. The molecule has 3 aromatic rings. The number of benzene rings is 1. The number of carbonyl (C=O) groups excluding carboxylic acids is 1. The summed E-state index contributed by atoms with van der Waals surface area (Å²) in [6, 6.07) is 13.0. The number of methoxy groups -OCH3 is 1. The Balaban J connectivity index is 1.62. The SMILES string of the molecule is COCCn1c(CNC(=O)COc2ccccc2)nc2cccnc21. The zero-order chi connectivity index (χ0) is 17.5. The van der Waals surface area contributed by atoms with Crippen LogP contribution in [0.3, 0.4) is 0 Å². The number of hydrogen-bond donors (Lipinski definition) is 1. The number of pyridine rings is 1. The van der Waals surface area contributed by atoms with Crippen molar-refractivity contribution >= 4 is 17.1 Å². The third-order valence-electron chi connectivity index (χ3n) is 3.66. The predicted octanol–water partition coefficient (Wildman–Crippen LogP) is 1.77. The number of rotatable bonds is 8. The molecule has 25 heavy (non-hydrogen) atoms. The summed E-state index contributed by atoms with van der Waals surface area (Å²) in [6.45, 7) is 1.42. The smallest absolute Gasteiger partial charge is 0.258 e. The number of imidazole rings is 1. The van der Waals surface area contributed by atoms with Crippen LogP contribution in [-0.4, -0.2) is 40.8 Å². The van der Waals surface area contributed by atoms with Gasteiger partial charge in [0.15, 0.2) is 12.3 Å². The maximum Gasteiger partial charge on any atom is 0.258 e. The maximum atomic E-state index is 12.0. The van der Waals surface area contributed by atoms with Gasteiger partial charge < -0.3 is 19.4 Å². The molecule has 1 N–H and O–H groups in total. The van der Waals surface area contributed by atoms with Crippen LogP contribution in [-0.2, 0) is 22.6 Å². The van der Waals surface area contributed by atoms with Gasteiger partial charge in [0.25, 0.3) is 5.91 Å². The van der Waals surface area contributed by atoms with Gasteiger partial charge in [-0.1, -0.05) is 18.2 Å². The minimum atomic E-state index is -0.206. The Labute approximate surface area is 145 Å². The molecule has 7 heteroatoms. The van der Waals surface area contributed by atoms with E-state index in [-0.39, 0.29) is 12.5 Å². The summed E-state index contributed by atoms with van der Waals surface area (Å²) in [5, 5.41) is 2.83. The van der Waals surface area contributed by atoms with Crippen LogP contribution in [0.2, 0.25) is 0 Å². The topological polar surface area (TPSA) is 78.3 Å². The van der Waals surface area contributed by atoms with Crippen LogP contribution >= 0.6 is 0 Å². The van der Waals surface area contributed by atoms with Crippen LogP contribution in [0.5, 0.6) is 5.75 Å². The first-order valence-electron chi connectivity index (χ1n) is 8.01. The van der Waals surface area contributed by atoms with Gasteiger partial charge in [-0.3, -0.25) is 4.79 Å². The first-order valence-corrected chi connectivity index (χ1v) is 8.01. The molecule has 3 rings (SSSR count). The number of nitrogens with one attached hydrogen (secondary N) is 1. The lowest BCUT2D eigenvalue weighted by Gasteiger charge is -2.10. The van der Waals surface area contributed by atoms with Crippen LogP contribution < -0.4 is 10.1 Å². The number of fused-ring (bicyclic) bond motifs is 1. The van der Waals surface area contributed by atoms with Gasteiger partial charge in [-0.05, 0) is 24.3 Å². The molecule has 1 amide bonds. The Morgan fingerprint density at radius 3 is 2.84 bits per heavy atom. The molecule has 130 valence electrons. The molecule has 0 bridgehead atoms. The zero-order valence-corrected chi connectivity index (χ0v) is 14.0. The van der Waals surface area contributed by atoms with E-state index in [2.05, 4.69) is 15.3 Å². The van der Waals surface area contributed by atoms with Crippen LogP contribution in [0.15, 0.2) is 48.7 Å². The largest absolute Gasteiger partial charge is 0.484 e. The molecule has 0 radical (unpaired) electrons. The van der Waals surface area contributed by atoms with Gasteiger partial charge in [-0.2, -0.15) is 0 Å². The van der Waals surface area contributed by atoms with Crippen molar-refractivity contribution in [1.29, 1.82) is 0 Å². The number of amides is 1. The van der Waals surface area contributed by atoms with E-state index in [1.165, 1.54) is 0 Å². The van der Waals surface area contributed by atoms with Crippen molar-refractivity contribution in [3.8, 4) is 5.75 Å². The van der Waals surface area contributed by atoms with Crippen LogP contribution in [0.1, 0.15) is 5.82 Å². The molecule has 0 aliphatic rings. The van der Waals surface area contributed by atoms with Crippen molar-refractivity contribution in [2.24, 2.45) is 0 Å². The van der Waals surface area contributed by atoms with E-state index in [9.17, 15) is 4.79 Å². The van der Waals surface area contributed by atoms with Crippen molar-refractivity contribution in [2.45, 2.75) is 13.1 Å². The minimum Gasteiger partial charge on any atom is -0.484 e. The highest BCUT2D eigenvalue weighted by Crippen LogP contribution is 2.13. The molecule has 0 saturated heterocycles. The Morgan fingerprint density at radius 2 is 2.04 bits per heavy atom. The van der Waals surface area contributed by atoms with E-state index in [1.54, 1.807) is 13.3 Å². The van der Waals surface area contributed by atoms with Gasteiger partial charge in [-0.15, -0.1) is 0 Å². The number of aromatic nitrogens is 3. The fourth-order valence-corrected chi connectivity index (χ4v) is 2.45. The Bertz CT molecular complexity index is 833. The molecule has 7 nitrogen and oxygen atoms in total. The van der Waals surface area contributed by atoms with Crippen LogP contribution in [0.25, 0.3) is 11.2 Å². The lowest BCUT2D eigenvalue weighted by molar-refractivity contribution is -0.123. The summed E-state index contributed by atoms with van der Waals surface area (Å²) in [5.74, 6) is 1.19. The van der Waals surface area contributed by atoms with Crippen molar-refractivity contribution < 1.29 is 14.3 Å². The maximum absolute atomic E-state index is 12.0. The highest BCUT2D eigenvalue weighted by Gasteiger charge is 2.12. The molecule has 0 aliphatic heterocycles. The number of nitrogens with zero attached hydrogens (tertiary/aromatic N) is 3. The highest BCUT2D eigenvalue weighted by atomic mass is 16.5. The quantitative estimate of drug-likeness (QED) is 0.676. The lowest BCUT2D eigenvalue weighted by atomic mass is 10.3. The summed E-state index contributed by atoms with van der Waals surface area (Å²) >= 11 is 0. The average Bonchev–Trinajstić information content (AvgIpc) is 3.01. The molecule has 0 spiro atoms. The van der Waals surface area contributed by atoms with Gasteiger partial charge in [0.2, 0.25) is 0 Å². The number of carbonyl (C=O) groups is 1. The van der Waals surface area contributed by atoms with Gasteiger partial charge in [0, 0.05) is 19.9 Å². The van der Waals surface area contributed by atoms with E-state index in [4.69, 9.17) is 9.47 Å². The standard InChI is InChI=1S/C18H20N4O3/c1-24-11-10-22-16(21-15-8-5-9-19-18(15)22)12-20-17(23)13-25-14-6-3-2-4-7-14/h2-9H,10-13H2,1H3,(H,20,23). The van der Waals surface area contributed by atoms with Crippen molar-refractivity contribution in [3.05, 3.63) is 54.5 Å². The van der Waals surface area contributed by atoms with E-state index in [0.717, 1.165) is 17.0 Å². The van der Waals surface area contributed by atoms with Crippen molar-refractivity contribution in [2.75, 3.05) is 20.3 Å². The Kier molecular flexibility index (Phi) is 5.58. The van der Waals surface area contributed by atoms with Gasteiger partial charge in [0.05, 0.1) is 13.2 Å². The average molecular weight is 340 g/mol. The molecule has 0 fully saturated rings. The Hall–Kier alpha value is -2.93. The monoisotopic (exact) mass is 340 g/mol. The second kappa shape index (κ2) is 8.25. The predicted molar refractivity (Wildman–Crippen MR) is 93.2 cm³/mol. The molecule has 0 unspecified atom stereocenters. The summed E-state index contributed by atoms with van der Waals surface area (Å²) in [4.78, 5) is 20.9. The van der Waals surface area contributed by atoms with Crippen molar-refractivity contribution in [1.82, 2.24) is 19.9 Å². The molecule has 1 aromatic carbocycles. The lowest BCUT2D eigenvalue weighted by Crippen LogP contribution is -2.29. The summed E-state index contributed by atoms with van der Waals surface area (Å²) < 4.78 is 12.5. The Morgan fingerprint density at radius 1 is 1.20 bits per heavy atom. The van der Waals surface area contributed by atoms with Gasteiger partial charge in [-0.25, -0.2) is 9.97 Å². The van der Waals surface area contributed by atoms with Crippen LogP contribution in [0.4, 0.5) is 0 Å². The van der Waals surface area contributed by atoms with E-state index >= 15 is 0 Å². The normalized spacial score (nSPS) is 10.8. The molecule has 0 atom stereocenters.